The number of rotatable bonds is 6. The van der Waals surface area contributed by atoms with Gasteiger partial charge in [0.25, 0.3) is 6.43 Å². The lowest BCUT2D eigenvalue weighted by molar-refractivity contribution is 0.122. The molecule has 0 bridgehead atoms. The summed E-state index contributed by atoms with van der Waals surface area (Å²) in [6.07, 6.45) is -2.00. The molecule has 0 aliphatic rings. The summed E-state index contributed by atoms with van der Waals surface area (Å²) in [5.41, 5.74) is -0.149. The van der Waals surface area contributed by atoms with E-state index in [1.807, 2.05) is 0 Å². The summed E-state index contributed by atoms with van der Waals surface area (Å²) in [4.78, 5) is 3.81. The molecular weight excluding hydrogens is 280 g/mol. The van der Waals surface area contributed by atoms with Crippen molar-refractivity contribution in [3.63, 3.8) is 0 Å². The summed E-state index contributed by atoms with van der Waals surface area (Å²) in [7, 11) is 0. The smallest absolute Gasteiger partial charge is 0.265 e. The van der Waals surface area contributed by atoms with Crippen LogP contribution in [0, 0.1) is 0 Å². The number of halogens is 2. The third-order valence-corrected chi connectivity index (χ3v) is 2.55. The quantitative estimate of drug-likeness (QED) is 0.885. The summed E-state index contributed by atoms with van der Waals surface area (Å²) >= 11 is 0. The SMILES string of the molecule is CC(O)COc1ccc(Oc2ccc(C(F)F)cn2)cc1. The van der Waals surface area contributed by atoms with Crippen molar-refractivity contribution in [2.45, 2.75) is 19.5 Å². The van der Waals surface area contributed by atoms with Crippen molar-refractivity contribution in [2.24, 2.45) is 0 Å². The molecule has 0 aliphatic heterocycles. The number of benzene rings is 1. The zero-order valence-corrected chi connectivity index (χ0v) is 11.4. The van der Waals surface area contributed by atoms with Gasteiger partial charge in [0.05, 0.1) is 6.10 Å². The molecule has 0 saturated carbocycles. The Hall–Kier alpha value is -2.21. The molecular formula is C15H15F2NO3. The molecule has 0 saturated heterocycles. The van der Waals surface area contributed by atoms with Gasteiger partial charge in [0, 0.05) is 17.8 Å². The van der Waals surface area contributed by atoms with Gasteiger partial charge in [0.1, 0.15) is 18.1 Å². The second kappa shape index (κ2) is 6.99. The van der Waals surface area contributed by atoms with Crippen LogP contribution in [-0.4, -0.2) is 22.8 Å². The molecule has 112 valence electrons. The number of hydrogen-bond acceptors (Lipinski definition) is 4. The van der Waals surface area contributed by atoms with Crippen molar-refractivity contribution in [3.05, 3.63) is 48.2 Å². The zero-order valence-electron chi connectivity index (χ0n) is 11.4. The minimum absolute atomic E-state index is 0.149. The van der Waals surface area contributed by atoms with Crippen molar-refractivity contribution >= 4 is 0 Å². The van der Waals surface area contributed by atoms with Crippen LogP contribution in [0.2, 0.25) is 0 Å². The molecule has 1 aromatic carbocycles. The van der Waals surface area contributed by atoms with E-state index in [4.69, 9.17) is 14.6 Å². The van der Waals surface area contributed by atoms with Crippen molar-refractivity contribution in [1.82, 2.24) is 4.98 Å². The minimum Gasteiger partial charge on any atom is -0.491 e. The number of ether oxygens (including phenoxy) is 2. The molecule has 1 aromatic heterocycles. The van der Waals surface area contributed by atoms with Gasteiger partial charge in [0.2, 0.25) is 5.88 Å². The van der Waals surface area contributed by atoms with Crippen LogP contribution in [0.1, 0.15) is 18.9 Å². The summed E-state index contributed by atoms with van der Waals surface area (Å²) in [6.45, 7) is 1.84. The largest absolute Gasteiger partial charge is 0.491 e. The van der Waals surface area contributed by atoms with Crippen LogP contribution in [0.4, 0.5) is 8.78 Å². The molecule has 1 N–H and O–H groups in total. The monoisotopic (exact) mass is 295 g/mol. The number of pyridine rings is 1. The van der Waals surface area contributed by atoms with E-state index in [0.717, 1.165) is 6.20 Å². The molecule has 1 unspecified atom stereocenters. The Labute approximate surface area is 121 Å². The third kappa shape index (κ3) is 4.68. The molecule has 1 atom stereocenters. The highest BCUT2D eigenvalue weighted by Crippen LogP contribution is 2.24. The maximum Gasteiger partial charge on any atom is 0.265 e. The molecule has 6 heteroatoms. The summed E-state index contributed by atoms with van der Waals surface area (Å²) < 4.78 is 35.5. The molecule has 0 spiro atoms. The van der Waals surface area contributed by atoms with Crippen molar-refractivity contribution in [2.75, 3.05) is 6.61 Å². The lowest BCUT2D eigenvalue weighted by Gasteiger charge is -2.09. The van der Waals surface area contributed by atoms with E-state index in [1.165, 1.54) is 12.1 Å². The fraction of sp³-hybridized carbons (Fsp3) is 0.267. The number of aliphatic hydroxyl groups is 1. The Morgan fingerprint density at radius 2 is 1.76 bits per heavy atom. The standard InChI is InChI=1S/C15H15F2NO3/c1-10(19)9-20-12-3-5-13(6-4-12)21-14-7-2-11(8-18-14)15(16)17/h2-8,10,15,19H,9H2,1H3. The highest BCUT2D eigenvalue weighted by molar-refractivity contribution is 5.33. The predicted molar refractivity (Wildman–Crippen MR) is 72.9 cm³/mol. The molecule has 0 radical (unpaired) electrons. The van der Waals surface area contributed by atoms with E-state index in [2.05, 4.69) is 4.98 Å². The first-order valence-electron chi connectivity index (χ1n) is 6.37. The van der Waals surface area contributed by atoms with Crippen molar-refractivity contribution in [3.8, 4) is 17.4 Å². The van der Waals surface area contributed by atoms with Crippen LogP contribution < -0.4 is 9.47 Å². The third-order valence-electron chi connectivity index (χ3n) is 2.55. The van der Waals surface area contributed by atoms with E-state index in [0.29, 0.717) is 11.5 Å². The normalized spacial score (nSPS) is 12.2. The van der Waals surface area contributed by atoms with E-state index in [1.54, 1.807) is 31.2 Å². The molecule has 1 heterocycles. The maximum absolute atomic E-state index is 12.4. The highest BCUT2D eigenvalue weighted by Gasteiger charge is 2.07. The summed E-state index contributed by atoms with van der Waals surface area (Å²) in [5.74, 6) is 1.35. The molecule has 4 nitrogen and oxygen atoms in total. The van der Waals surface area contributed by atoms with Crippen LogP contribution in [0.25, 0.3) is 0 Å². The van der Waals surface area contributed by atoms with Gasteiger partial charge in [-0.15, -0.1) is 0 Å². The number of aromatic nitrogens is 1. The van der Waals surface area contributed by atoms with Gasteiger partial charge in [-0.25, -0.2) is 13.8 Å². The van der Waals surface area contributed by atoms with Crippen LogP contribution >= 0.6 is 0 Å². The van der Waals surface area contributed by atoms with Crippen LogP contribution in [0.15, 0.2) is 42.6 Å². The second-order valence-corrected chi connectivity index (χ2v) is 4.46. The van der Waals surface area contributed by atoms with Crippen LogP contribution in [-0.2, 0) is 0 Å². The number of aliphatic hydroxyl groups excluding tert-OH is 1. The predicted octanol–water partition coefficient (Wildman–Crippen LogP) is 3.57. The molecule has 0 fully saturated rings. The number of nitrogens with zero attached hydrogens (tertiary/aromatic N) is 1. The first-order valence-corrected chi connectivity index (χ1v) is 6.37. The van der Waals surface area contributed by atoms with Crippen LogP contribution in [0.5, 0.6) is 17.4 Å². The van der Waals surface area contributed by atoms with Gasteiger partial charge in [-0.05, 0) is 37.3 Å². The van der Waals surface area contributed by atoms with Crippen molar-refractivity contribution < 1.29 is 23.4 Å². The average Bonchev–Trinajstić information content (AvgIpc) is 2.47. The lowest BCUT2D eigenvalue weighted by atomic mass is 10.3. The fourth-order valence-electron chi connectivity index (χ4n) is 1.52. The van der Waals surface area contributed by atoms with Gasteiger partial charge in [-0.2, -0.15) is 0 Å². The number of alkyl halides is 2. The van der Waals surface area contributed by atoms with Gasteiger partial charge in [-0.3, -0.25) is 0 Å². The van der Waals surface area contributed by atoms with Crippen molar-refractivity contribution in [1.29, 1.82) is 0 Å². The first-order chi connectivity index (χ1) is 10.0. The Bertz CT molecular complexity index is 556. The molecule has 0 amide bonds. The summed E-state index contributed by atoms with van der Waals surface area (Å²) in [5, 5.41) is 9.11. The van der Waals surface area contributed by atoms with Gasteiger partial charge in [-0.1, -0.05) is 0 Å². The Morgan fingerprint density at radius 1 is 1.10 bits per heavy atom. The minimum atomic E-state index is -2.54. The number of hydrogen-bond donors (Lipinski definition) is 1. The Balaban J connectivity index is 1.96. The summed E-state index contributed by atoms with van der Waals surface area (Å²) in [6, 6.07) is 9.36. The highest BCUT2D eigenvalue weighted by atomic mass is 19.3. The van der Waals surface area contributed by atoms with Gasteiger partial charge >= 0.3 is 0 Å². The second-order valence-electron chi connectivity index (χ2n) is 4.46. The fourth-order valence-corrected chi connectivity index (χ4v) is 1.52. The van der Waals surface area contributed by atoms with E-state index in [-0.39, 0.29) is 18.1 Å². The van der Waals surface area contributed by atoms with E-state index in [9.17, 15) is 8.78 Å². The van der Waals surface area contributed by atoms with Gasteiger partial charge < -0.3 is 14.6 Å². The Morgan fingerprint density at radius 3 is 2.29 bits per heavy atom. The molecule has 0 aliphatic carbocycles. The first kappa shape index (κ1) is 15.2. The topological polar surface area (TPSA) is 51.6 Å². The molecule has 2 aromatic rings. The van der Waals surface area contributed by atoms with E-state index < -0.39 is 12.5 Å². The van der Waals surface area contributed by atoms with Crippen LogP contribution in [0.3, 0.4) is 0 Å². The lowest BCUT2D eigenvalue weighted by Crippen LogP contribution is -2.12. The zero-order chi connectivity index (χ0) is 15.2. The average molecular weight is 295 g/mol. The molecule has 2 rings (SSSR count). The maximum atomic E-state index is 12.4. The van der Waals surface area contributed by atoms with Gasteiger partial charge in [0.15, 0.2) is 0 Å². The molecule has 21 heavy (non-hydrogen) atoms. The Kier molecular flexibility index (Phi) is 5.05. The van der Waals surface area contributed by atoms with E-state index >= 15 is 0 Å².